The van der Waals surface area contributed by atoms with Crippen LogP contribution in [0.1, 0.15) is 26.7 Å². The topological polar surface area (TPSA) is 26.3 Å². The van der Waals surface area contributed by atoms with Crippen molar-refractivity contribution in [3.05, 3.63) is 0 Å². The SMILES string of the molecule is CCC1(C)C(=O)CC1OC(C(F)(F)F)C(F)(F)F. The maximum Gasteiger partial charge on any atom is 0.423 e. The molecule has 8 heteroatoms. The lowest BCUT2D eigenvalue weighted by molar-refractivity contribution is -0.340. The summed E-state index contributed by atoms with van der Waals surface area (Å²) in [5.41, 5.74) is -1.26. The van der Waals surface area contributed by atoms with Crippen LogP contribution in [0.15, 0.2) is 0 Å². The largest absolute Gasteiger partial charge is 0.423 e. The maximum atomic E-state index is 12.3. The lowest BCUT2D eigenvalue weighted by Gasteiger charge is -2.45. The van der Waals surface area contributed by atoms with Crippen molar-refractivity contribution < 1.29 is 35.9 Å². The van der Waals surface area contributed by atoms with Crippen LogP contribution in [0.25, 0.3) is 0 Å². The fourth-order valence-corrected chi connectivity index (χ4v) is 1.80. The molecule has 0 saturated heterocycles. The highest BCUT2D eigenvalue weighted by molar-refractivity contribution is 5.91. The summed E-state index contributed by atoms with van der Waals surface area (Å²) in [7, 11) is 0. The van der Waals surface area contributed by atoms with E-state index in [9.17, 15) is 31.1 Å². The number of halogens is 6. The Morgan fingerprint density at radius 3 is 2.00 bits per heavy atom. The summed E-state index contributed by atoms with van der Waals surface area (Å²) in [6.45, 7) is 2.83. The van der Waals surface area contributed by atoms with Crippen molar-refractivity contribution in [2.45, 2.75) is 51.2 Å². The molecule has 0 aromatic heterocycles. The highest BCUT2D eigenvalue weighted by Crippen LogP contribution is 2.46. The van der Waals surface area contributed by atoms with Crippen LogP contribution in [0.2, 0.25) is 0 Å². The summed E-state index contributed by atoms with van der Waals surface area (Å²) in [6, 6.07) is 0. The summed E-state index contributed by atoms with van der Waals surface area (Å²) in [5.74, 6) is -0.377. The molecule has 1 aliphatic carbocycles. The predicted octanol–water partition coefficient (Wildman–Crippen LogP) is 3.25. The molecular weight excluding hydrogens is 266 g/mol. The van der Waals surface area contributed by atoms with Crippen LogP contribution in [0.4, 0.5) is 26.3 Å². The monoisotopic (exact) mass is 278 g/mol. The third-order valence-corrected chi connectivity index (χ3v) is 3.35. The van der Waals surface area contributed by atoms with E-state index < -0.39 is 36.4 Å². The molecule has 18 heavy (non-hydrogen) atoms. The number of ether oxygens (including phenoxy) is 1. The molecule has 0 spiro atoms. The Labute approximate surface area is 99.3 Å². The van der Waals surface area contributed by atoms with Crippen LogP contribution in [0, 0.1) is 5.41 Å². The molecule has 0 bridgehead atoms. The third-order valence-electron chi connectivity index (χ3n) is 3.35. The molecule has 106 valence electrons. The minimum absolute atomic E-state index is 0.138. The molecule has 1 aliphatic rings. The first-order valence-corrected chi connectivity index (χ1v) is 5.25. The second-order valence-corrected chi connectivity index (χ2v) is 4.49. The molecule has 0 N–H and O–H groups in total. The molecule has 1 fully saturated rings. The Balaban J connectivity index is 2.85. The van der Waals surface area contributed by atoms with Gasteiger partial charge >= 0.3 is 12.4 Å². The van der Waals surface area contributed by atoms with Gasteiger partial charge in [-0.05, 0) is 6.42 Å². The summed E-state index contributed by atoms with van der Waals surface area (Å²) in [4.78, 5) is 11.2. The molecule has 0 aromatic rings. The van der Waals surface area contributed by atoms with Crippen LogP contribution in [-0.2, 0) is 9.53 Å². The van der Waals surface area contributed by atoms with Crippen molar-refractivity contribution in [2.24, 2.45) is 5.41 Å². The van der Waals surface area contributed by atoms with Gasteiger partial charge in [-0.3, -0.25) is 4.79 Å². The molecule has 0 amide bonds. The Morgan fingerprint density at radius 1 is 1.28 bits per heavy atom. The van der Waals surface area contributed by atoms with Gasteiger partial charge in [-0.25, -0.2) is 0 Å². The fourth-order valence-electron chi connectivity index (χ4n) is 1.80. The van der Waals surface area contributed by atoms with Crippen molar-refractivity contribution in [2.75, 3.05) is 0 Å². The maximum absolute atomic E-state index is 12.3. The lowest BCUT2D eigenvalue weighted by Crippen LogP contribution is -2.58. The molecule has 0 aliphatic heterocycles. The van der Waals surface area contributed by atoms with E-state index in [1.54, 1.807) is 0 Å². The number of hydrogen-bond acceptors (Lipinski definition) is 2. The van der Waals surface area contributed by atoms with Gasteiger partial charge < -0.3 is 4.74 Å². The lowest BCUT2D eigenvalue weighted by atomic mass is 9.64. The van der Waals surface area contributed by atoms with Gasteiger partial charge in [0.1, 0.15) is 5.78 Å². The summed E-state index contributed by atoms with van der Waals surface area (Å²) in [6.07, 6.45) is -16.5. The molecular formula is C10H12F6O2. The van der Waals surface area contributed by atoms with E-state index in [1.807, 2.05) is 0 Å². The minimum Gasteiger partial charge on any atom is -0.356 e. The van der Waals surface area contributed by atoms with Crippen LogP contribution in [0.5, 0.6) is 0 Å². The van der Waals surface area contributed by atoms with Gasteiger partial charge in [0, 0.05) is 6.42 Å². The molecule has 0 radical (unpaired) electrons. The average Bonchev–Trinajstić information content (AvgIpc) is 2.18. The van der Waals surface area contributed by atoms with E-state index in [1.165, 1.54) is 13.8 Å². The number of Topliss-reactive ketones (excluding diaryl/α,β-unsaturated/α-hetero) is 1. The first-order valence-electron chi connectivity index (χ1n) is 5.25. The number of rotatable bonds is 3. The Kier molecular flexibility index (Phi) is 3.73. The fraction of sp³-hybridized carbons (Fsp3) is 0.900. The number of hydrogen-bond donors (Lipinski definition) is 0. The third kappa shape index (κ3) is 2.62. The standard InChI is InChI=1S/C10H12F6O2/c1-3-8(2)5(17)4-6(8)18-7(9(11,12)13)10(14,15)16/h6-7H,3-4H2,1-2H3. The van der Waals surface area contributed by atoms with E-state index in [4.69, 9.17) is 0 Å². The Morgan fingerprint density at radius 2 is 1.72 bits per heavy atom. The van der Waals surface area contributed by atoms with Gasteiger partial charge in [-0.2, -0.15) is 26.3 Å². The zero-order valence-electron chi connectivity index (χ0n) is 9.65. The second kappa shape index (κ2) is 4.40. The van der Waals surface area contributed by atoms with Crippen LogP contribution in [0.3, 0.4) is 0 Å². The van der Waals surface area contributed by atoms with Gasteiger partial charge in [-0.15, -0.1) is 0 Å². The highest BCUT2D eigenvalue weighted by atomic mass is 19.4. The van der Waals surface area contributed by atoms with Crippen molar-refractivity contribution in [3.8, 4) is 0 Å². The second-order valence-electron chi connectivity index (χ2n) is 4.49. The predicted molar refractivity (Wildman–Crippen MR) is 48.8 cm³/mol. The average molecular weight is 278 g/mol. The molecule has 0 heterocycles. The van der Waals surface area contributed by atoms with Crippen molar-refractivity contribution >= 4 is 5.78 Å². The summed E-state index contributed by atoms with van der Waals surface area (Å²) in [5, 5.41) is 0. The highest BCUT2D eigenvalue weighted by Gasteiger charge is 2.62. The first kappa shape index (κ1) is 15.3. The molecule has 2 atom stereocenters. The molecule has 1 saturated carbocycles. The molecule has 0 aromatic carbocycles. The van der Waals surface area contributed by atoms with Crippen LogP contribution >= 0.6 is 0 Å². The number of ketones is 1. The quantitative estimate of drug-likeness (QED) is 0.741. The van der Waals surface area contributed by atoms with Crippen molar-refractivity contribution in [3.63, 3.8) is 0 Å². The van der Waals surface area contributed by atoms with E-state index in [-0.39, 0.29) is 12.2 Å². The molecule has 1 rings (SSSR count). The van der Waals surface area contributed by atoms with Gasteiger partial charge in [0.05, 0.1) is 11.5 Å². The van der Waals surface area contributed by atoms with Crippen molar-refractivity contribution in [1.82, 2.24) is 0 Å². The first-order chi connectivity index (χ1) is 7.93. The van der Waals surface area contributed by atoms with E-state index in [2.05, 4.69) is 4.74 Å². The summed E-state index contributed by atoms with van der Waals surface area (Å²) >= 11 is 0. The van der Waals surface area contributed by atoms with Gasteiger partial charge in [0.25, 0.3) is 0 Å². The van der Waals surface area contributed by atoms with Gasteiger partial charge in [0.2, 0.25) is 6.10 Å². The van der Waals surface area contributed by atoms with Crippen LogP contribution in [-0.4, -0.2) is 30.3 Å². The molecule has 2 nitrogen and oxygen atoms in total. The Bertz CT molecular complexity index is 320. The number of carbonyl (C=O) groups excluding carboxylic acids is 1. The zero-order valence-corrected chi connectivity index (χ0v) is 9.65. The van der Waals surface area contributed by atoms with E-state index in [0.717, 1.165) is 0 Å². The summed E-state index contributed by atoms with van der Waals surface area (Å²) < 4.78 is 77.7. The zero-order chi connectivity index (χ0) is 14.4. The van der Waals surface area contributed by atoms with Crippen molar-refractivity contribution in [1.29, 1.82) is 0 Å². The van der Waals surface area contributed by atoms with Gasteiger partial charge in [-0.1, -0.05) is 13.8 Å². The number of carbonyl (C=O) groups is 1. The van der Waals surface area contributed by atoms with Gasteiger partial charge in [0.15, 0.2) is 0 Å². The van der Waals surface area contributed by atoms with Crippen LogP contribution < -0.4 is 0 Å². The van der Waals surface area contributed by atoms with E-state index >= 15 is 0 Å². The minimum atomic E-state index is -5.54. The smallest absolute Gasteiger partial charge is 0.356 e. The van der Waals surface area contributed by atoms with E-state index in [0.29, 0.717) is 0 Å². The normalized spacial score (nSPS) is 29.6. The number of alkyl halides is 6. The molecule has 2 unspecified atom stereocenters. The Hall–Kier alpha value is -0.790.